The molecule has 1 aromatic carbocycles. The lowest BCUT2D eigenvalue weighted by molar-refractivity contribution is -0.138. The molecule has 2 fully saturated rings. The largest absolute Gasteiger partial charge is 0.507 e. The number of benzene rings is 1. The molecule has 0 aliphatic carbocycles. The maximum absolute atomic E-state index is 13.0. The van der Waals surface area contributed by atoms with Crippen molar-refractivity contribution in [3.8, 4) is 11.5 Å². The number of allylic oxidation sites excluding steroid dienone is 3. The van der Waals surface area contributed by atoms with Crippen molar-refractivity contribution in [2.45, 2.75) is 57.0 Å². The molecule has 0 bridgehead atoms. The molecule has 3 aliphatic rings. The summed E-state index contributed by atoms with van der Waals surface area (Å²) in [7, 11) is 0. The maximum atomic E-state index is 13.0. The van der Waals surface area contributed by atoms with Crippen molar-refractivity contribution in [2.24, 2.45) is 5.16 Å². The van der Waals surface area contributed by atoms with E-state index in [2.05, 4.69) is 5.16 Å². The Morgan fingerprint density at radius 1 is 1.25 bits per heavy atom. The minimum absolute atomic E-state index is 0.0877. The van der Waals surface area contributed by atoms with Crippen LogP contribution in [0.25, 0.3) is 0 Å². The molecule has 10 nitrogen and oxygen atoms in total. The molecule has 3 atom stereocenters. The number of amides is 1. The van der Waals surface area contributed by atoms with E-state index in [0.717, 1.165) is 6.07 Å². The zero-order valence-corrected chi connectivity index (χ0v) is 20.6. The number of phenolic OH excluding ortho intramolecular Hbond substituents is 2. The number of nitrogens with zero attached hydrogens (tertiary/aromatic N) is 2. The number of carbonyl (C=O) groups is 2. The van der Waals surface area contributed by atoms with Gasteiger partial charge in [0.05, 0.1) is 22.9 Å². The standard InChI is InChI=1S/C25H29ClN2O8/c1-14-10-21-20(36-21)5-3-2-4-15(27-34-13-22(32)28-8-6-16(29)7-9-28)11-17-23(25(33)35-14)18(30)12-19(31)24(17)26/h2-5,12,14,16,20-21,29-31H,6-11,13H2,1H3. The number of phenols is 2. The molecule has 36 heavy (non-hydrogen) atoms. The highest BCUT2D eigenvalue weighted by atomic mass is 35.5. The van der Waals surface area contributed by atoms with Crippen LogP contribution in [-0.2, 0) is 25.5 Å². The number of piperidine rings is 1. The number of hydrogen-bond acceptors (Lipinski definition) is 9. The zero-order chi connectivity index (χ0) is 25.8. The third-order valence-corrected chi connectivity index (χ3v) is 6.69. The zero-order valence-electron chi connectivity index (χ0n) is 19.8. The Labute approximate surface area is 213 Å². The van der Waals surface area contributed by atoms with Gasteiger partial charge in [0.2, 0.25) is 0 Å². The number of carbonyl (C=O) groups excluding carboxylic acids is 2. The second-order valence-corrected chi connectivity index (χ2v) is 9.44. The van der Waals surface area contributed by atoms with Crippen molar-refractivity contribution >= 4 is 29.2 Å². The molecule has 3 unspecified atom stereocenters. The maximum Gasteiger partial charge on any atom is 0.342 e. The number of ether oxygens (including phenoxy) is 2. The van der Waals surface area contributed by atoms with E-state index in [1.807, 2.05) is 6.08 Å². The first-order valence-electron chi connectivity index (χ1n) is 11.8. The minimum Gasteiger partial charge on any atom is -0.507 e. The van der Waals surface area contributed by atoms with E-state index in [-0.39, 0.29) is 53.0 Å². The second kappa shape index (κ2) is 11.3. The van der Waals surface area contributed by atoms with Crippen LogP contribution in [0.15, 0.2) is 35.5 Å². The van der Waals surface area contributed by atoms with Gasteiger partial charge in [0, 0.05) is 32.0 Å². The first-order valence-corrected chi connectivity index (χ1v) is 12.2. The van der Waals surface area contributed by atoms with Crippen LogP contribution in [0.1, 0.15) is 42.1 Å². The Bertz CT molecular complexity index is 1090. The Morgan fingerprint density at radius 2 is 2.00 bits per heavy atom. The first kappa shape index (κ1) is 26.0. The smallest absolute Gasteiger partial charge is 0.342 e. The summed E-state index contributed by atoms with van der Waals surface area (Å²) < 4.78 is 11.1. The number of aliphatic hydroxyl groups is 1. The number of esters is 1. The van der Waals surface area contributed by atoms with Gasteiger partial charge in [0.1, 0.15) is 29.3 Å². The molecule has 11 heteroatoms. The number of fused-ring (bicyclic) bond motifs is 2. The summed E-state index contributed by atoms with van der Waals surface area (Å²) in [4.78, 5) is 32.3. The predicted octanol–water partition coefficient (Wildman–Crippen LogP) is 2.48. The molecule has 0 saturated carbocycles. The molecule has 194 valence electrons. The van der Waals surface area contributed by atoms with Crippen molar-refractivity contribution in [2.75, 3.05) is 19.7 Å². The summed E-state index contributed by atoms with van der Waals surface area (Å²) in [6, 6.07) is 0.983. The van der Waals surface area contributed by atoms with Crippen LogP contribution in [0.5, 0.6) is 11.5 Å². The first-order chi connectivity index (χ1) is 17.2. The highest BCUT2D eigenvalue weighted by Gasteiger charge is 2.38. The van der Waals surface area contributed by atoms with E-state index in [0.29, 0.717) is 32.4 Å². The van der Waals surface area contributed by atoms with E-state index >= 15 is 0 Å². The number of likely N-dealkylation sites (tertiary alicyclic amines) is 1. The van der Waals surface area contributed by atoms with E-state index in [4.69, 9.17) is 25.9 Å². The molecule has 2 saturated heterocycles. The number of epoxide rings is 1. The van der Waals surface area contributed by atoms with Gasteiger partial charge in [-0.15, -0.1) is 0 Å². The minimum atomic E-state index is -0.798. The average Bonchev–Trinajstić information content (AvgIpc) is 3.56. The summed E-state index contributed by atoms with van der Waals surface area (Å²) in [6.07, 6.45) is 7.30. The lowest BCUT2D eigenvalue weighted by atomic mass is 9.99. The van der Waals surface area contributed by atoms with Crippen LogP contribution < -0.4 is 0 Å². The quantitative estimate of drug-likeness (QED) is 0.313. The highest BCUT2D eigenvalue weighted by molar-refractivity contribution is 6.33. The monoisotopic (exact) mass is 520 g/mol. The fourth-order valence-corrected chi connectivity index (χ4v) is 4.45. The third kappa shape index (κ3) is 6.37. The van der Waals surface area contributed by atoms with Crippen LogP contribution in [0.3, 0.4) is 0 Å². The van der Waals surface area contributed by atoms with Crippen LogP contribution in [0.4, 0.5) is 0 Å². The van der Waals surface area contributed by atoms with Crippen LogP contribution in [0.2, 0.25) is 5.02 Å². The van der Waals surface area contributed by atoms with Gasteiger partial charge in [0.15, 0.2) is 6.61 Å². The van der Waals surface area contributed by atoms with Crippen molar-refractivity contribution in [1.29, 1.82) is 0 Å². The third-order valence-electron chi connectivity index (χ3n) is 6.26. The second-order valence-electron chi connectivity index (χ2n) is 9.06. The number of aliphatic hydroxyl groups excluding tert-OH is 1. The molecular weight excluding hydrogens is 492 g/mol. The van der Waals surface area contributed by atoms with Gasteiger partial charge in [0.25, 0.3) is 5.91 Å². The van der Waals surface area contributed by atoms with Crippen molar-refractivity contribution < 1.29 is 39.2 Å². The van der Waals surface area contributed by atoms with E-state index < -0.39 is 29.7 Å². The van der Waals surface area contributed by atoms with Gasteiger partial charge in [-0.1, -0.05) is 35.0 Å². The fourth-order valence-electron chi connectivity index (χ4n) is 4.23. The van der Waals surface area contributed by atoms with Crippen molar-refractivity contribution in [3.63, 3.8) is 0 Å². The molecule has 0 spiro atoms. The van der Waals surface area contributed by atoms with Gasteiger partial charge in [-0.05, 0) is 31.4 Å². The molecule has 3 heterocycles. The molecular formula is C25H29ClN2O8. The molecule has 1 aromatic rings. The van der Waals surface area contributed by atoms with Crippen molar-refractivity contribution in [3.05, 3.63) is 46.5 Å². The Kier molecular flexibility index (Phi) is 8.17. The summed E-state index contributed by atoms with van der Waals surface area (Å²) >= 11 is 6.33. The van der Waals surface area contributed by atoms with E-state index in [1.165, 1.54) is 0 Å². The van der Waals surface area contributed by atoms with Gasteiger partial charge >= 0.3 is 5.97 Å². The summed E-state index contributed by atoms with van der Waals surface area (Å²) in [6.45, 7) is 2.30. The fraction of sp³-hybridized carbons (Fsp3) is 0.480. The van der Waals surface area contributed by atoms with Crippen molar-refractivity contribution in [1.82, 2.24) is 4.90 Å². The number of hydrogen-bond donors (Lipinski definition) is 3. The molecule has 0 aromatic heterocycles. The van der Waals surface area contributed by atoms with Crippen LogP contribution >= 0.6 is 11.6 Å². The highest BCUT2D eigenvalue weighted by Crippen LogP contribution is 2.38. The van der Waals surface area contributed by atoms with E-state index in [9.17, 15) is 24.9 Å². The molecule has 1 amide bonds. The lowest BCUT2D eigenvalue weighted by Gasteiger charge is -2.29. The number of halogens is 1. The van der Waals surface area contributed by atoms with Crippen LogP contribution in [-0.4, -0.2) is 81.9 Å². The normalized spacial score (nSPS) is 26.1. The number of rotatable bonds is 3. The van der Waals surface area contributed by atoms with E-state index in [1.54, 1.807) is 30.1 Å². The predicted molar refractivity (Wildman–Crippen MR) is 130 cm³/mol. The molecule has 4 rings (SSSR count). The van der Waals surface area contributed by atoms with Gasteiger partial charge in [-0.2, -0.15) is 0 Å². The van der Waals surface area contributed by atoms with Gasteiger partial charge in [-0.3, -0.25) is 4.79 Å². The summed E-state index contributed by atoms with van der Waals surface area (Å²) in [5.74, 6) is -1.95. The molecule has 3 aliphatic heterocycles. The van der Waals surface area contributed by atoms with Gasteiger partial charge < -0.3 is 34.5 Å². The number of aromatic hydroxyl groups is 2. The van der Waals surface area contributed by atoms with Crippen LogP contribution in [0, 0.1) is 0 Å². The number of cyclic esters (lactones) is 1. The number of oxime groups is 1. The lowest BCUT2D eigenvalue weighted by Crippen LogP contribution is -2.41. The Balaban J connectivity index is 1.59. The average molecular weight is 521 g/mol. The Hall–Kier alpha value is -3.08. The van der Waals surface area contributed by atoms with Gasteiger partial charge in [-0.25, -0.2) is 4.79 Å². The Morgan fingerprint density at radius 3 is 2.75 bits per heavy atom. The summed E-state index contributed by atoms with van der Waals surface area (Å²) in [5.41, 5.74) is 0.201. The SMILES string of the molecule is CC1CC2OC2C=CC=CC(=NOCC(=O)N2CCC(O)CC2)Cc2c(Cl)c(O)cc(O)c2C(=O)O1. The topological polar surface area (TPSA) is 141 Å². The summed E-state index contributed by atoms with van der Waals surface area (Å²) in [5, 5.41) is 34.2. The molecule has 0 radical (unpaired) electrons. The molecule has 3 N–H and O–H groups in total.